The number of carbonyl (C=O) groups excluding carboxylic acids is 1. The largest absolute Gasteiger partial charge is 0.370 e. The van der Waals surface area contributed by atoms with Gasteiger partial charge in [0.15, 0.2) is 11.5 Å². The van der Waals surface area contributed by atoms with Gasteiger partial charge in [-0.05, 0) is 56.4 Å². The van der Waals surface area contributed by atoms with E-state index in [0.717, 1.165) is 62.8 Å². The van der Waals surface area contributed by atoms with Gasteiger partial charge in [0.1, 0.15) is 17.0 Å². The molecule has 0 spiro atoms. The van der Waals surface area contributed by atoms with Crippen LogP contribution in [0.1, 0.15) is 51.4 Å². The lowest BCUT2D eigenvalue weighted by Gasteiger charge is -2.28. The molecule has 1 aromatic carbocycles. The van der Waals surface area contributed by atoms with Crippen LogP contribution in [0.15, 0.2) is 42.9 Å². The second kappa shape index (κ2) is 10.3. The van der Waals surface area contributed by atoms with Crippen molar-refractivity contribution in [2.75, 3.05) is 23.3 Å². The van der Waals surface area contributed by atoms with Crippen molar-refractivity contribution in [3.05, 3.63) is 48.7 Å². The van der Waals surface area contributed by atoms with E-state index in [1.807, 2.05) is 6.07 Å². The van der Waals surface area contributed by atoms with Crippen LogP contribution in [0.2, 0.25) is 0 Å². The van der Waals surface area contributed by atoms with Crippen molar-refractivity contribution >= 4 is 39.3 Å². The number of anilines is 2. The fourth-order valence-corrected chi connectivity index (χ4v) is 6.14. The summed E-state index contributed by atoms with van der Waals surface area (Å²) in [5, 5.41) is 10.7. The number of aromatic nitrogens is 6. The Balaban J connectivity index is 1.24. The number of benzene rings is 1. The van der Waals surface area contributed by atoms with Crippen molar-refractivity contribution in [3.63, 3.8) is 0 Å². The Morgan fingerprint density at radius 3 is 2.70 bits per heavy atom. The van der Waals surface area contributed by atoms with Crippen molar-refractivity contribution in [3.8, 4) is 22.6 Å². The quantitative estimate of drug-likeness (QED) is 0.245. The van der Waals surface area contributed by atoms with E-state index in [4.69, 9.17) is 4.98 Å². The fourth-order valence-electron chi connectivity index (χ4n) is 6.14. The molecule has 5 heterocycles. The third-order valence-corrected chi connectivity index (χ3v) is 8.25. The molecule has 0 bridgehead atoms. The summed E-state index contributed by atoms with van der Waals surface area (Å²) < 4.78 is 16.2. The molecule has 10 heteroatoms. The molecule has 204 valence electrons. The van der Waals surface area contributed by atoms with Crippen molar-refractivity contribution < 1.29 is 9.18 Å². The molecule has 1 amide bonds. The molecule has 2 fully saturated rings. The molecule has 40 heavy (non-hydrogen) atoms. The Hall–Kier alpha value is -4.34. The predicted octanol–water partition coefficient (Wildman–Crippen LogP) is 6.21. The second-order valence-electron chi connectivity index (χ2n) is 10.9. The first-order chi connectivity index (χ1) is 19.7. The van der Waals surface area contributed by atoms with Crippen LogP contribution in [-0.4, -0.2) is 49.1 Å². The maximum Gasteiger partial charge on any atom is 0.227 e. The number of piperidine rings is 1. The highest BCUT2D eigenvalue weighted by Crippen LogP contribution is 2.36. The minimum atomic E-state index is -0.427. The molecule has 5 aromatic rings. The lowest BCUT2D eigenvalue weighted by Crippen LogP contribution is -2.29. The lowest BCUT2D eigenvalue weighted by atomic mass is 9.88. The van der Waals surface area contributed by atoms with E-state index in [1.54, 1.807) is 36.8 Å². The van der Waals surface area contributed by atoms with Crippen molar-refractivity contribution in [1.82, 2.24) is 30.1 Å². The number of hydrogen-bond donors (Lipinski definition) is 3. The summed E-state index contributed by atoms with van der Waals surface area (Å²) in [6.45, 7) is 1.98. The third kappa shape index (κ3) is 4.47. The summed E-state index contributed by atoms with van der Waals surface area (Å²) in [5.74, 6) is 0.0613. The normalized spacial score (nSPS) is 16.6. The molecule has 7 rings (SSSR count). The molecule has 1 aliphatic heterocycles. The maximum absolute atomic E-state index is 16.2. The summed E-state index contributed by atoms with van der Waals surface area (Å²) in [7, 11) is 0. The van der Waals surface area contributed by atoms with E-state index in [1.165, 1.54) is 12.8 Å². The van der Waals surface area contributed by atoms with Gasteiger partial charge in [-0.1, -0.05) is 19.3 Å². The van der Waals surface area contributed by atoms with Crippen LogP contribution in [0.5, 0.6) is 0 Å². The van der Waals surface area contributed by atoms with Gasteiger partial charge >= 0.3 is 0 Å². The number of amides is 1. The number of nitrogens with one attached hydrogen (secondary N) is 3. The number of rotatable bonds is 5. The molecule has 2 aliphatic rings. The number of halogens is 1. The summed E-state index contributed by atoms with van der Waals surface area (Å²) in [6, 6.07) is 7.29. The molecule has 9 nitrogen and oxygen atoms in total. The molecular weight excluding hydrogens is 507 g/mol. The highest BCUT2D eigenvalue weighted by Gasteiger charge is 2.23. The fraction of sp³-hybridized carbons (Fsp3) is 0.367. The van der Waals surface area contributed by atoms with E-state index in [2.05, 4.69) is 35.4 Å². The average Bonchev–Trinajstić information content (AvgIpc) is 3.63. The number of fused-ring (bicyclic) bond motifs is 2. The molecule has 0 atom stereocenters. The van der Waals surface area contributed by atoms with E-state index in [0.29, 0.717) is 44.9 Å². The first kappa shape index (κ1) is 24.7. The number of pyridine rings is 2. The third-order valence-electron chi connectivity index (χ3n) is 8.25. The number of hydrogen-bond acceptors (Lipinski definition) is 6. The molecule has 0 radical (unpaired) electrons. The van der Waals surface area contributed by atoms with E-state index in [9.17, 15) is 4.79 Å². The molecular formula is C30H31FN8O. The van der Waals surface area contributed by atoms with Crippen molar-refractivity contribution in [1.29, 1.82) is 0 Å². The first-order valence-corrected chi connectivity index (χ1v) is 14.2. The number of imidazole rings is 1. The van der Waals surface area contributed by atoms with Crippen LogP contribution in [0.4, 0.5) is 15.8 Å². The lowest BCUT2D eigenvalue weighted by molar-refractivity contribution is -0.120. The number of aromatic amines is 2. The van der Waals surface area contributed by atoms with Gasteiger partial charge in [0.2, 0.25) is 5.91 Å². The Kier molecular flexibility index (Phi) is 6.37. The zero-order valence-electron chi connectivity index (χ0n) is 22.2. The Morgan fingerprint density at radius 2 is 1.85 bits per heavy atom. The number of H-pyrrole nitrogens is 2. The smallest absolute Gasteiger partial charge is 0.227 e. The van der Waals surface area contributed by atoms with Crippen LogP contribution < -0.4 is 10.2 Å². The van der Waals surface area contributed by atoms with Gasteiger partial charge in [-0.25, -0.2) is 14.4 Å². The van der Waals surface area contributed by atoms with E-state index < -0.39 is 5.82 Å². The van der Waals surface area contributed by atoms with E-state index in [-0.39, 0.29) is 11.8 Å². The van der Waals surface area contributed by atoms with Crippen molar-refractivity contribution in [2.45, 2.75) is 51.4 Å². The van der Waals surface area contributed by atoms with Crippen molar-refractivity contribution in [2.24, 2.45) is 5.92 Å². The van der Waals surface area contributed by atoms with Gasteiger partial charge in [-0.3, -0.25) is 14.9 Å². The summed E-state index contributed by atoms with van der Waals surface area (Å²) >= 11 is 0. The summed E-state index contributed by atoms with van der Waals surface area (Å²) in [5.41, 5.74) is 4.94. The molecule has 4 aromatic heterocycles. The predicted molar refractivity (Wildman–Crippen MR) is 153 cm³/mol. The minimum Gasteiger partial charge on any atom is -0.370 e. The molecule has 0 unspecified atom stereocenters. The van der Waals surface area contributed by atoms with Gasteiger partial charge < -0.3 is 15.2 Å². The Morgan fingerprint density at radius 1 is 1.02 bits per heavy atom. The van der Waals surface area contributed by atoms with Crippen LogP contribution in [-0.2, 0) is 4.79 Å². The average molecular weight is 539 g/mol. The molecule has 3 N–H and O–H groups in total. The van der Waals surface area contributed by atoms with E-state index >= 15 is 4.39 Å². The maximum atomic E-state index is 16.2. The van der Waals surface area contributed by atoms with Crippen LogP contribution in [0.25, 0.3) is 44.7 Å². The number of carbonyl (C=O) groups is 1. The standard InChI is InChI=1S/C30H31FN8O/c31-25-21(19-15-20(17-32-16-19)34-30(40)18-7-3-1-4-8-18)9-10-22-24(25)27(38-37-22)29-35-26-23(11-12-33-28(26)36-29)39-13-5-2-6-14-39/h9-12,15-18H,1-8,13-14H2,(H,34,40)(H,37,38)(H,33,35,36). The van der Waals surface area contributed by atoms with Gasteiger partial charge in [-0.15, -0.1) is 0 Å². The Bertz CT molecular complexity index is 1700. The van der Waals surface area contributed by atoms with Gasteiger partial charge in [0.05, 0.1) is 28.5 Å². The number of nitrogens with zero attached hydrogens (tertiary/aromatic N) is 5. The topological polar surface area (TPSA) is 115 Å². The zero-order valence-corrected chi connectivity index (χ0v) is 22.2. The van der Waals surface area contributed by atoms with Gasteiger partial charge in [0, 0.05) is 42.5 Å². The monoisotopic (exact) mass is 538 g/mol. The van der Waals surface area contributed by atoms with Crippen LogP contribution in [0.3, 0.4) is 0 Å². The second-order valence-corrected chi connectivity index (χ2v) is 10.9. The van der Waals surface area contributed by atoms with Crippen LogP contribution >= 0.6 is 0 Å². The minimum absolute atomic E-state index is 0.00844. The van der Waals surface area contributed by atoms with Gasteiger partial charge in [0.25, 0.3) is 0 Å². The summed E-state index contributed by atoms with van der Waals surface area (Å²) in [4.78, 5) is 32.0. The highest BCUT2D eigenvalue weighted by molar-refractivity contribution is 5.98. The van der Waals surface area contributed by atoms with Gasteiger partial charge in [-0.2, -0.15) is 5.10 Å². The van der Waals surface area contributed by atoms with Crippen LogP contribution in [0, 0.1) is 11.7 Å². The zero-order chi connectivity index (χ0) is 27.1. The Labute approximate surface area is 230 Å². The molecule has 1 aliphatic carbocycles. The SMILES string of the molecule is O=C(Nc1cncc(-c2ccc3[nH]nc(-c4nc5nccc(N6CCCCC6)c5[nH]4)c3c2F)c1)C1CCCCC1. The molecule has 1 saturated heterocycles. The first-order valence-electron chi connectivity index (χ1n) is 14.2. The highest BCUT2D eigenvalue weighted by atomic mass is 19.1. The molecule has 1 saturated carbocycles. The summed E-state index contributed by atoms with van der Waals surface area (Å²) in [6.07, 6.45) is 13.7.